The van der Waals surface area contributed by atoms with Crippen molar-refractivity contribution in [3.8, 4) is 11.1 Å². The molecular formula is C38H28N2O11S2. The van der Waals surface area contributed by atoms with Gasteiger partial charge in [-0.15, -0.1) is 0 Å². The molecule has 1 heterocycles. The Hall–Kier alpha value is -6.16. The average molecular weight is 753 g/mol. The van der Waals surface area contributed by atoms with Gasteiger partial charge >= 0.3 is 11.9 Å². The zero-order valence-corrected chi connectivity index (χ0v) is 29.1. The van der Waals surface area contributed by atoms with Crippen LogP contribution in [-0.2, 0) is 36.1 Å². The zero-order valence-electron chi connectivity index (χ0n) is 27.5. The average Bonchev–Trinajstić information content (AvgIpc) is 3.12. The van der Waals surface area contributed by atoms with Crippen LogP contribution >= 0.6 is 0 Å². The molecule has 268 valence electrons. The highest BCUT2D eigenvalue weighted by atomic mass is 32.2. The molecule has 0 unspecified atom stereocenters. The van der Waals surface area contributed by atoms with E-state index in [1.807, 2.05) is 30.3 Å². The first kappa shape index (κ1) is 35.3. The summed E-state index contributed by atoms with van der Waals surface area (Å²) in [5, 5.41) is 13.4. The van der Waals surface area contributed by atoms with Crippen molar-refractivity contribution in [2.75, 3.05) is 11.1 Å². The second kappa shape index (κ2) is 13.4. The topological polar surface area (TPSA) is 214 Å². The summed E-state index contributed by atoms with van der Waals surface area (Å²) in [6, 6.07) is 25.3. The van der Waals surface area contributed by atoms with Gasteiger partial charge in [0.25, 0.3) is 15.7 Å². The molecule has 1 aliphatic carbocycles. The van der Waals surface area contributed by atoms with Crippen LogP contribution in [0.5, 0.6) is 0 Å². The van der Waals surface area contributed by atoms with E-state index in [4.69, 9.17) is 9.84 Å². The van der Waals surface area contributed by atoms with E-state index < -0.39 is 65.0 Å². The summed E-state index contributed by atoms with van der Waals surface area (Å²) >= 11 is 0. The summed E-state index contributed by atoms with van der Waals surface area (Å²) < 4.78 is 67.8. The van der Waals surface area contributed by atoms with Gasteiger partial charge in [-0.3, -0.25) is 18.9 Å². The highest BCUT2D eigenvalue weighted by molar-refractivity contribution is 7.91. The van der Waals surface area contributed by atoms with Gasteiger partial charge in [0.2, 0.25) is 0 Å². The van der Waals surface area contributed by atoms with Crippen molar-refractivity contribution < 1.29 is 45.6 Å². The number of carboxylic acid groups (broad SMARTS) is 1. The van der Waals surface area contributed by atoms with Crippen LogP contribution in [0.3, 0.4) is 0 Å². The number of rotatable bonds is 11. The SMILES string of the molecule is O=C(O)CCCS(=O)(=O)c1cccc(Nc2cc(S(=O)(=O)O)c3[nH]c(=O)c(C(=O)OCc4cccc5ccccc45)c4c3c2C(=O)c2ccccc2-4)c1. The Morgan fingerprint density at radius 3 is 2.26 bits per heavy atom. The molecule has 1 aromatic heterocycles. The lowest BCUT2D eigenvalue weighted by Crippen LogP contribution is -2.25. The van der Waals surface area contributed by atoms with Crippen LogP contribution < -0.4 is 10.9 Å². The summed E-state index contributed by atoms with van der Waals surface area (Å²) in [6.45, 7) is -0.224. The highest BCUT2D eigenvalue weighted by Gasteiger charge is 2.36. The molecule has 15 heteroatoms. The second-order valence-corrected chi connectivity index (χ2v) is 15.8. The van der Waals surface area contributed by atoms with Gasteiger partial charge in [0, 0.05) is 28.6 Å². The van der Waals surface area contributed by atoms with E-state index >= 15 is 0 Å². The van der Waals surface area contributed by atoms with Crippen molar-refractivity contribution in [3.63, 3.8) is 0 Å². The highest BCUT2D eigenvalue weighted by Crippen LogP contribution is 2.45. The normalized spacial score (nSPS) is 12.4. The minimum absolute atomic E-state index is 0.0763. The maximum Gasteiger partial charge on any atom is 0.344 e. The third-order valence-corrected chi connectivity index (χ3v) is 11.6. The molecule has 0 radical (unpaired) electrons. The number of ketones is 1. The van der Waals surface area contributed by atoms with E-state index in [1.54, 1.807) is 24.3 Å². The lowest BCUT2D eigenvalue weighted by atomic mass is 9.81. The number of hydrogen-bond acceptors (Lipinski definition) is 10. The molecule has 53 heavy (non-hydrogen) atoms. The van der Waals surface area contributed by atoms with Crippen LogP contribution in [0.25, 0.3) is 32.8 Å². The second-order valence-electron chi connectivity index (χ2n) is 12.3. The van der Waals surface area contributed by atoms with Crippen molar-refractivity contribution in [1.29, 1.82) is 0 Å². The molecule has 0 bridgehead atoms. The number of H-pyrrole nitrogens is 1. The number of nitrogens with one attached hydrogen (secondary N) is 2. The van der Waals surface area contributed by atoms with E-state index in [1.165, 1.54) is 36.4 Å². The Balaban J connectivity index is 1.40. The lowest BCUT2D eigenvalue weighted by Gasteiger charge is -2.25. The van der Waals surface area contributed by atoms with Crippen LogP contribution in [0.4, 0.5) is 11.4 Å². The summed E-state index contributed by atoms with van der Waals surface area (Å²) in [5.74, 6) is -3.29. The van der Waals surface area contributed by atoms with Gasteiger partial charge in [0.15, 0.2) is 15.6 Å². The van der Waals surface area contributed by atoms with Crippen LogP contribution in [0.2, 0.25) is 0 Å². The number of hydrogen-bond donors (Lipinski definition) is 4. The number of carbonyl (C=O) groups is 3. The number of anilines is 2. The fourth-order valence-corrected chi connectivity index (χ4v) is 8.60. The van der Waals surface area contributed by atoms with Crippen molar-refractivity contribution in [1.82, 2.24) is 4.98 Å². The molecule has 6 aromatic rings. The van der Waals surface area contributed by atoms with Crippen LogP contribution in [0, 0.1) is 0 Å². The number of aromatic amines is 1. The van der Waals surface area contributed by atoms with Crippen molar-refractivity contribution in [3.05, 3.63) is 130 Å². The molecule has 0 fully saturated rings. The number of fused-ring (bicyclic) bond motifs is 3. The first-order valence-corrected chi connectivity index (χ1v) is 19.2. The Kier molecular flexibility index (Phi) is 8.93. The predicted octanol–water partition coefficient (Wildman–Crippen LogP) is 5.88. The number of sulfone groups is 1. The fraction of sp³-hybridized carbons (Fsp3) is 0.105. The first-order chi connectivity index (χ1) is 25.2. The number of benzene rings is 5. The van der Waals surface area contributed by atoms with Gasteiger partial charge in [-0.2, -0.15) is 8.42 Å². The number of aromatic nitrogens is 1. The Morgan fingerprint density at radius 2 is 1.51 bits per heavy atom. The molecule has 0 amide bonds. The molecule has 0 saturated carbocycles. The molecule has 5 aromatic carbocycles. The number of carboxylic acids is 1. The molecule has 0 atom stereocenters. The Morgan fingerprint density at radius 1 is 0.811 bits per heavy atom. The maximum atomic E-state index is 14.3. The van der Waals surface area contributed by atoms with E-state index in [2.05, 4.69) is 10.3 Å². The van der Waals surface area contributed by atoms with Crippen molar-refractivity contribution in [2.24, 2.45) is 0 Å². The van der Waals surface area contributed by atoms with E-state index in [9.17, 15) is 40.6 Å². The summed E-state index contributed by atoms with van der Waals surface area (Å²) in [7, 11) is -9.06. The predicted molar refractivity (Wildman–Crippen MR) is 195 cm³/mol. The van der Waals surface area contributed by atoms with Gasteiger partial charge in [-0.05, 0) is 52.6 Å². The Bertz CT molecular complexity index is 2820. The number of aliphatic carboxylic acids is 1. The van der Waals surface area contributed by atoms with Gasteiger partial charge in [-0.1, -0.05) is 72.8 Å². The number of carbonyl (C=O) groups excluding carboxylic acids is 2. The monoisotopic (exact) mass is 752 g/mol. The molecule has 0 aliphatic heterocycles. The smallest absolute Gasteiger partial charge is 0.344 e. The molecule has 7 rings (SSSR count). The third kappa shape index (κ3) is 6.57. The van der Waals surface area contributed by atoms with Gasteiger partial charge in [0.05, 0.1) is 27.4 Å². The minimum atomic E-state index is -5.10. The molecular weight excluding hydrogens is 725 g/mol. The van der Waals surface area contributed by atoms with E-state index in [-0.39, 0.29) is 63.4 Å². The van der Waals surface area contributed by atoms with Crippen molar-refractivity contribution >= 4 is 70.7 Å². The molecule has 0 spiro atoms. The van der Waals surface area contributed by atoms with Crippen LogP contribution in [-0.4, -0.2) is 55.0 Å². The fourth-order valence-electron chi connectivity index (χ4n) is 6.57. The molecule has 1 aliphatic rings. The van der Waals surface area contributed by atoms with Crippen LogP contribution in [0.15, 0.2) is 112 Å². The van der Waals surface area contributed by atoms with Crippen LogP contribution in [0.1, 0.15) is 44.7 Å². The largest absolute Gasteiger partial charge is 0.481 e. The first-order valence-electron chi connectivity index (χ1n) is 16.1. The maximum absolute atomic E-state index is 14.3. The summed E-state index contributed by atoms with van der Waals surface area (Å²) in [6.07, 6.45) is -0.494. The van der Waals surface area contributed by atoms with Gasteiger partial charge in [0.1, 0.15) is 17.1 Å². The standard InChI is InChI=1S/C38H28N2O11S2/c41-30(42)16-7-17-52(46,47)24-12-6-11-23(18-24)39-28-19-29(53(48,49)50)35-33-31(26-14-3-4-15-27(26)36(43)32(28)33)34(37(44)40-35)38(45)51-20-22-10-5-9-21-8-1-2-13-25(21)22/h1-6,8-15,18-19,39H,7,16-17,20H2,(H,40,44)(H,41,42)(H,48,49,50). The number of esters is 1. The minimum Gasteiger partial charge on any atom is -0.481 e. The summed E-state index contributed by atoms with van der Waals surface area (Å²) in [4.78, 5) is 54.3. The zero-order chi connectivity index (χ0) is 37.7. The molecule has 4 N–H and O–H groups in total. The van der Waals surface area contributed by atoms with Crippen molar-refractivity contribution in [2.45, 2.75) is 29.2 Å². The van der Waals surface area contributed by atoms with Gasteiger partial charge < -0.3 is 20.1 Å². The summed E-state index contributed by atoms with van der Waals surface area (Å²) in [5.41, 5.74) is -1.46. The quantitative estimate of drug-likeness (QED) is 0.0901. The number of pyridine rings is 1. The molecule has 0 saturated heterocycles. The Labute approximate surface area is 301 Å². The molecule has 13 nitrogen and oxygen atoms in total. The van der Waals surface area contributed by atoms with Gasteiger partial charge in [-0.25, -0.2) is 13.2 Å². The lowest BCUT2D eigenvalue weighted by molar-refractivity contribution is -0.137. The van der Waals surface area contributed by atoms with E-state index in [0.29, 0.717) is 5.56 Å². The number of ether oxygens (including phenoxy) is 1. The van der Waals surface area contributed by atoms with E-state index in [0.717, 1.165) is 16.8 Å². The third-order valence-electron chi connectivity index (χ3n) is 8.92.